The molecule has 0 saturated carbocycles. The summed E-state index contributed by atoms with van der Waals surface area (Å²) in [6, 6.07) is 1.87. The molecular formula is C16H20F4N2O. The van der Waals surface area contributed by atoms with E-state index in [0.717, 1.165) is 25.7 Å². The minimum Gasteiger partial charge on any atom is -0.352 e. The number of halogens is 4. The number of likely N-dealkylation sites (tertiary alicyclic amines) is 1. The molecule has 7 heteroatoms. The molecule has 0 aliphatic carbocycles. The molecule has 1 amide bonds. The van der Waals surface area contributed by atoms with Crippen molar-refractivity contribution >= 4 is 5.91 Å². The Bertz CT molecular complexity index is 539. The van der Waals surface area contributed by atoms with Gasteiger partial charge in [-0.15, -0.1) is 0 Å². The van der Waals surface area contributed by atoms with E-state index < -0.39 is 23.5 Å². The Morgan fingerprint density at radius 2 is 1.83 bits per heavy atom. The molecule has 0 aromatic heterocycles. The summed E-state index contributed by atoms with van der Waals surface area (Å²) < 4.78 is 51.1. The number of piperidine rings is 1. The Kier molecular flexibility index (Phi) is 5.98. The van der Waals surface area contributed by atoms with Crippen molar-refractivity contribution in [2.24, 2.45) is 0 Å². The molecule has 1 saturated heterocycles. The summed E-state index contributed by atoms with van der Waals surface area (Å²) in [5.74, 6) is -1.76. The van der Waals surface area contributed by atoms with E-state index in [9.17, 15) is 22.4 Å². The van der Waals surface area contributed by atoms with Crippen LogP contribution >= 0.6 is 0 Å². The van der Waals surface area contributed by atoms with Crippen molar-refractivity contribution in [3.05, 3.63) is 35.1 Å². The second-order valence-corrected chi connectivity index (χ2v) is 5.74. The lowest BCUT2D eigenvalue weighted by molar-refractivity contribution is -0.137. The number of carbonyl (C=O) groups excluding carboxylic acids is 1. The van der Waals surface area contributed by atoms with Crippen LogP contribution in [0.4, 0.5) is 17.6 Å². The van der Waals surface area contributed by atoms with Crippen LogP contribution in [0.15, 0.2) is 18.2 Å². The monoisotopic (exact) mass is 332 g/mol. The third-order valence-corrected chi connectivity index (χ3v) is 3.87. The normalized spacial score (nSPS) is 16.3. The minimum absolute atomic E-state index is 0.310. The molecule has 0 unspecified atom stereocenters. The zero-order chi connectivity index (χ0) is 16.9. The number of amides is 1. The van der Waals surface area contributed by atoms with Crippen LogP contribution in [0, 0.1) is 5.82 Å². The maximum atomic E-state index is 13.3. The van der Waals surface area contributed by atoms with Gasteiger partial charge in [-0.3, -0.25) is 4.79 Å². The van der Waals surface area contributed by atoms with Gasteiger partial charge in [0.25, 0.3) is 5.91 Å². The number of carbonyl (C=O) groups is 1. The molecular weight excluding hydrogens is 312 g/mol. The molecule has 128 valence electrons. The standard InChI is InChI=1S/C16H20F4N2O/c17-14-10-12(9-13(11-14)16(18,19)20)15(23)21-5-4-8-22-6-2-1-3-7-22/h9-11H,1-8H2,(H,21,23). The number of nitrogens with one attached hydrogen (secondary N) is 1. The van der Waals surface area contributed by atoms with Crippen LogP contribution in [0.2, 0.25) is 0 Å². The van der Waals surface area contributed by atoms with Crippen LogP contribution < -0.4 is 5.32 Å². The molecule has 1 heterocycles. The van der Waals surface area contributed by atoms with Crippen LogP contribution in [0.3, 0.4) is 0 Å². The van der Waals surface area contributed by atoms with E-state index in [-0.39, 0.29) is 5.56 Å². The zero-order valence-electron chi connectivity index (χ0n) is 12.8. The summed E-state index contributed by atoms with van der Waals surface area (Å²) >= 11 is 0. The Morgan fingerprint density at radius 1 is 1.13 bits per heavy atom. The highest BCUT2D eigenvalue weighted by molar-refractivity contribution is 5.94. The van der Waals surface area contributed by atoms with Crippen molar-refractivity contribution in [1.29, 1.82) is 0 Å². The largest absolute Gasteiger partial charge is 0.416 e. The molecule has 1 N–H and O–H groups in total. The van der Waals surface area contributed by atoms with E-state index in [1.807, 2.05) is 0 Å². The van der Waals surface area contributed by atoms with Gasteiger partial charge >= 0.3 is 6.18 Å². The summed E-state index contributed by atoms with van der Waals surface area (Å²) in [5.41, 5.74) is -1.47. The number of nitrogens with zero attached hydrogens (tertiary/aromatic N) is 1. The van der Waals surface area contributed by atoms with Crippen molar-refractivity contribution in [3.63, 3.8) is 0 Å². The molecule has 0 atom stereocenters. The van der Waals surface area contributed by atoms with Crippen molar-refractivity contribution in [3.8, 4) is 0 Å². The fraction of sp³-hybridized carbons (Fsp3) is 0.562. The van der Waals surface area contributed by atoms with Gasteiger partial charge in [-0.2, -0.15) is 13.2 Å². The van der Waals surface area contributed by atoms with Crippen molar-refractivity contribution in [1.82, 2.24) is 10.2 Å². The number of benzene rings is 1. The highest BCUT2D eigenvalue weighted by Gasteiger charge is 2.31. The fourth-order valence-electron chi connectivity index (χ4n) is 2.67. The molecule has 0 bridgehead atoms. The maximum absolute atomic E-state index is 13.3. The summed E-state index contributed by atoms with van der Waals surface area (Å²) in [6.45, 7) is 3.30. The number of hydrogen-bond donors (Lipinski definition) is 1. The lowest BCUT2D eigenvalue weighted by Gasteiger charge is -2.26. The average molecular weight is 332 g/mol. The van der Waals surface area contributed by atoms with Gasteiger partial charge in [-0.05, 0) is 57.1 Å². The summed E-state index contributed by atoms with van der Waals surface area (Å²) in [5, 5.41) is 2.54. The molecule has 2 rings (SSSR count). The molecule has 1 aliphatic heterocycles. The minimum atomic E-state index is -4.68. The van der Waals surface area contributed by atoms with Gasteiger partial charge in [0.15, 0.2) is 0 Å². The summed E-state index contributed by atoms with van der Waals surface area (Å²) in [6.07, 6.45) is -0.362. The predicted octanol–water partition coefficient (Wildman–Crippen LogP) is 3.45. The molecule has 1 aromatic carbocycles. The van der Waals surface area contributed by atoms with Gasteiger partial charge < -0.3 is 10.2 Å². The predicted molar refractivity (Wildman–Crippen MR) is 78.6 cm³/mol. The molecule has 1 fully saturated rings. The quantitative estimate of drug-likeness (QED) is 0.662. The van der Waals surface area contributed by atoms with E-state index in [2.05, 4.69) is 10.2 Å². The van der Waals surface area contributed by atoms with Gasteiger partial charge in [-0.1, -0.05) is 6.42 Å². The highest BCUT2D eigenvalue weighted by atomic mass is 19.4. The third-order valence-electron chi connectivity index (χ3n) is 3.87. The molecule has 0 radical (unpaired) electrons. The number of alkyl halides is 3. The van der Waals surface area contributed by atoms with Crippen LogP contribution in [0.1, 0.15) is 41.6 Å². The molecule has 1 aromatic rings. The number of rotatable bonds is 5. The molecule has 0 spiro atoms. The third kappa shape index (κ3) is 5.49. The Balaban J connectivity index is 1.84. The van der Waals surface area contributed by atoms with Gasteiger partial charge in [0.1, 0.15) is 5.82 Å². The smallest absolute Gasteiger partial charge is 0.352 e. The van der Waals surface area contributed by atoms with Crippen molar-refractivity contribution in [2.45, 2.75) is 31.9 Å². The Labute approximate surface area is 132 Å². The second-order valence-electron chi connectivity index (χ2n) is 5.74. The highest BCUT2D eigenvalue weighted by Crippen LogP contribution is 2.30. The van der Waals surface area contributed by atoms with E-state index in [1.165, 1.54) is 19.3 Å². The van der Waals surface area contributed by atoms with E-state index in [0.29, 0.717) is 25.1 Å². The topological polar surface area (TPSA) is 32.3 Å². The fourth-order valence-corrected chi connectivity index (χ4v) is 2.67. The van der Waals surface area contributed by atoms with Crippen molar-refractivity contribution in [2.75, 3.05) is 26.2 Å². The van der Waals surface area contributed by atoms with Crippen LogP contribution in [0.25, 0.3) is 0 Å². The van der Waals surface area contributed by atoms with Gasteiger partial charge in [0.05, 0.1) is 5.56 Å². The molecule has 1 aliphatic rings. The van der Waals surface area contributed by atoms with Crippen molar-refractivity contribution < 1.29 is 22.4 Å². The molecule has 23 heavy (non-hydrogen) atoms. The average Bonchev–Trinajstić information content (AvgIpc) is 2.51. The second kappa shape index (κ2) is 7.77. The first kappa shape index (κ1) is 17.7. The first-order chi connectivity index (χ1) is 10.9. The number of hydrogen-bond acceptors (Lipinski definition) is 2. The van der Waals surface area contributed by atoms with Crippen LogP contribution in [-0.2, 0) is 6.18 Å². The van der Waals surface area contributed by atoms with Crippen LogP contribution in [0.5, 0.6) is 0 Å². The first-order valence-electron chi connectivity index (χ1n) is 7.74. The van der Waals surface area contributed by atoms with Crippen LogP contribution in [-0.4, -0.2) is 37.0 Å². The summed E-state index contributed by atoms with van der Waals surface area (Å²) in [4.78, 5) is 14.2. The van der Waals surface area contributed by atoms with E-state index >= 15 is 0 Å². The van der Waals surface area contributed by atoms with E-state index in [4.69, 9.17) is 0 Å². The lowest BCUT2D eigenvalue weighted by Crippen LogP contribution is -2.33. The SMILES string of the molecule is O=C(NCCCN1CCCCC1)c1cc(F)cc(C(F)(F)F)c1. The first-order valence-corrected chi connectivity index (χ1v) is 7.74. The van der Waals surface area contributed by atoms with Gasteiger partial charge in [-0.25, -0.2) is 4.39 Å². The van der Waals surface area contributed by atoms with E-state index in [1.54, 1.807) is 0 Å². The Morgan fingerprint density at radius 3 is 2.48 bits per heavy atom. The van der Waals surface area contributed by atoms with Gasteiger partial charge in [0.2, 0.25) is 0 Å². The Hall–Kier alpha value is -1.63. The zero-order valence-corrected chi connectivity index (χ0v) is 12.8. The maximum Gasteiger partial charge on any atom is 0.416 e. The molecule has 3 nitrogen and oxygen atoms in total. The summed E-state index contributed by atoms with van der Waals surface area (Å²) in [7, 11) is 0. The van der Waals surface area contributed by atoms with Gasteiger partial charge in [0, 0.05) is 12.1 Å². The lowest BCUT2D eigenvalue weighted by atomic mass is 10.1.